The molecule has 0 fully saturated rings. The Bertz CT molecular complexity index is 703. The number of nitrogens with one attached hydrogen (secondary N) is 2. The molecule has 2 amide bonds. The van der Waals surface area contributed by atoms with E-state index in [1.807, 2.05) is 0 Å². The Labute approximate surface area is 137 Å². The van der Waals surface area contributed by atoms with Crippen molar-refractivity contribution < 1.29 is 22.8 Å². The van der Waals surface area contributed by atoms with Gasteiger partial charge in [-0.3, -0.25) is 14.4 Å². The van der Waals surface area contributed by atoms with Crippen LogP contribution in [0.5, 0.6) is 0 Å². The molecule has 0 aliphatic rings. The van der Waals surface area contributed by atoms with Crippen LogP contribution in [-0.4, -0.2) is 22.4 Å². The molecular formula is C15H20F3N3O3. The number of rotatable bonds is 3. The second-order valence-corrected chi connectivity index (χ2v) is 6.49. The van der Waals surface area contributed by atoms with Gasteiger partial charge >= 0.3 is 6.18 Å². The van der Waals surface area contributed by atoms with E-state index >= 15 is 0 Å². The van der Waals surface area contributed by atoms with Gasteiger partial charge < -0.3 is 15.2 Å². The topological polar surface area (TPSA) is 80.2 Å². The number of alkyl halides is 3. The standard InChI is InChI=1S/C15H20F3N3O3/c1-8(19-13(24)14(2,3)4)11(22)20-10-6-9(15(16,17)18)7-21(5)12(10)23/h6-8H,1-5H3,(H,19,24)(H,20,22). The largest absolute Gasteiger partial charge is 0.417 e. The lowest BCUT2D eigenvalue weighted by molar-refractivity contribution is -0.138. The number of nitrogens with zero attached hydrogens (tertiary/aromatic N) is 1. The minimum atomic E-state index is -4.66. The van der Waals surface area contributed by atoms with Gasteiger partial charge in [-0.05, 0) is 13.0 Å². The van der Waals surface area contributed by atoms with Crippen LogP contribution in [0.1, 0.15) is 33.3 Å². The molecule has 1 unspecified atom stereocenters. The van der Waals surface area contributed by atoms with Crippen molar-refractivity contribution in [3.05, 3.63) is 28.2 Å². The van der Waals surface area contributed by atoms with Crippen LogP contribution >= 0.6 is 0 Å². The molecule has 0 saturated carbocycles. The van der Waals surface area contributed by atoms with E-state index in [0.29, 0.717) is 12.3 Å². The first-order valence-corrected chi connectivity index (χ1v) is 7.13. The molecule has 24 heavy (non-hydrogen) atoms. The highest BCUT2D eigenvalue weighted by Gasteiger charge is 2.32. The summed E-state index contributed by atoms with van der Waals surface area (Å²) >= 11 is 0. The molecule has 1 aromatic heterocycles. The summed E-state index contributed by atoms with van der Waals surface area (Å²) < 4.78 is 39.1. The Hall–Kier alpha value is -2.32. The van der Waals surface area contributed by atoms with Gasteiger partial charge in [-0.25, -0.2) is 0 Å². The van der Waals surface area contributed by atoms with E-state index in [-0.39, 0.29) is 0 Å². The van der Waals surface area contributed by atoms with Crippen molar-refractivity contribution in [1.82, 2.24) is 9.88 Å². The van der Waals surface area contributed by atoms with Crippen LogP contribution in [0, 0.1) is 5.41 Å². The quantitative estimate of drug-likeness (QED) is 0.876. The maximum atomic E-state index is 12.8. The summed E-state index contributed by atoms with van der Waals surface area (Å²) in [5.41, 5.74) is -3.09. The number of carbonyl (C=O) groups is 2. The molecule has 0 bridgehead atoms. The van der Waals surface area contributed by atoms with E-state index < -0.39 is 46.3 Å². The van der Waals surface area contributed by atoms with Gasteiger partial charge in [0.25, 0.3) is 5.56 Å². The summed E-state index contributed by atoms with van der Waals surface area (Å²) in [6.45, 7) is 6.32. The molecule has 1 aromatic rings. The molecule has 0 aliphatic carbocycles. The molecule has 6 nitrogen and oxygen atoms in total. The molecule has 1 heterocycles. The summed E-state index contributed by atoms with van der Waals surface area (Å²) in [7, 11) is 1.15. The molecular weight excluding hydrogens is 327 g/mol. The van der Waals surface area contributed by atoms with Crippen LogP contribution in [0.4, 0.5) is 18.9 Å². The van der Waals surface area contributed by atoms with Crippen LogP contribution in [0.3, 0.4) is 0 Å². The predicted octanol–water partition coefficient (Wildman–Crippen LogP) is 1.89. The first-order valence-electron chi connectivity index (χ1n) is 7.13. The number of aromatic nitrogens is 1. The van der Waals surface area contributed by atoms with Crippen molar-refractivity contribution in [2.24, 2.45) is 12.5 Å². The van der Waals surface area contributed by atoms with Crippen LogP contribution in [-0.2, 0) is 22.8 Å². The zero-order valence-electron chi connectivity index (χ0n) is 14.0. The third kappa shape index (κ3) is 4.84. The molecule has 2 N–H and O–H groups in total. The number of pyridine rings is 1. The smallest absolute Gasteiger partial charge is 0.344 e. The molecule has 0 aliphatic heterocycles. The fourth-order valence-corrected chi connectivity index (χ4v) is 1.68. The highest BCUT2D eigenvalue weighted by molar-refractivity contribution is 5.97. The fraction of sp³-hybridized carbons (Fsp3) is 0.533. The number of aryl methyl sites for hydroxylation is 1. The van der Waals surface area contributed by atoms with Gasteiger partial charge in [-0.2, -0.15) is 13.2 Å². The Balaban J connectivity index is 3.00. The molecule has 0 aromatic carbocycles. The number of amides is 2. The normalized spacial score (nSPS) is 13.3. The summed E-state index contributed by atoms with van der Waals surface area (Å²) in [5, 5.41) is 4.57. The average molecular weight is 347 g/mol. The van der Waals surface area contributed by atoms with Crippen LogP contribution in [0.2, 0.25) is 0 Å². The zero-order chi connectivity index (χ0) is 18.9. The Morgan fingerprint density at radius 1 is 1.21 bits per heavy atom. The van der Waals surface area contributed by atoms with Crippen molar-refractivity contribution >= 4 is 17.5 Å². The van der Waals surface area contributed by atoms with Crippen LogP contribution in [0.15, 0.2) is 17.1 Å². The van der Waals surface area contributed by atoms with Crippen LogP contribution < -0.4 is 16.2 Å². The average Bonchev–Trinajstić information content (AvgIpc) is 2.41. The summed E-state index contributed by atoms with van der Waals surface area (Å²) in [6.07, 6.45) is -4.01. The van der Waals surface area contributed by atoms with E-state index in [9.17, 15) is 27.6 Å². The third-order valence-electron chi connectivity index (χ3n) is 3.19. The molecule has 0 spiro atoms. The zero-order valence-corrected chi connectivity index (χ0v) is 14.0. The number of hydrogen-bond donors (Lipinski definition) is 2. The Kier molecular flexibility index (Phi) is 5.47. The van der Waals surface area contributed by atoms with E-state index in [1.165, 1.54) is 6.92 Å². The molecule has 134 valence electrons. The minimum absolute atomic E-state index is 0.401. The summed E-state index contributed by atoms with van der Waals surface area (Å²) in [6, 6.07) is -0.450. The van der Waals surface area contributed by atoms with Gasteiger partial charge in [0, 0.05) is 18.7 Å². The van der Waals surface area contributed by atoms with Gasteiger partial charge in [0.15, 0.2) is 0 Å². The molecule has 0 radical (unpaired) electrons. The SMILES string of the molecule is CC(NC(=O)C(C)(C)C)C(=O)Nc1cc(C(F)(F)F)cn(C)c1=O. The Morgan fingerprint density at radius 2 is 1.75 bits per heavy atom. The predicted molar refractivity (Wildman–Crippen MR) is 82.4 cm³/mol. The van der Waals surface area contributed by atoms with Crippen LogP contribution in [0.25, 0.3) is 0 Å². The summed E-state index contributed by atoms with van der Waals surface area (Å²) in [4.78, 5) is 35.8. The maximum absolute atomic E-state index is 12.8. The number of carbonyl (C=O) groups excluding carboxylic acids is 2. The Morgan fingerprint density at radius 3 is 2.21 bits per heavy atom. The highest BCUT2D eigenvalue weighted by atomic mass is 19.4. The second kappa shape index (κ2) is 6.66. The lowest BCUT2D eigenvalue weighted by atomic mass is 9.95. The molecule has 9 heteroatoms. The second-order valence-electron chi connectivity index (χ2n) is 6.49. The van der Waals surface area contributed by atoms with Crippen molar-refractivity contribution in [1.29, 1.82) is 0 Å². The molecule has 1 rings (SSSR count). The summed E-state index contributed by atoms with van der Waals surface area (Å²) in [5.74, 6) is -1.19. The van der Waals surface area contributed by atoms with Gasteiger partial charge in [-0.1, -0.05) is 20.8 Å². The lowest BCUT2D eigenvalue weighted by Crippen LogP contribution is -2.46. The highest BCUT2D eigenvalue weighted by Crippen LogP contribution is 2.29. The monoisotopic (exact) mass is 347 g/mol. The van der Waals surface area contributed by atoms with Crippen molar-refractivity contribution in [2.75, 3.05) is 5.32 Å². The van der Waals surface area contributed by atoms with Crippen molar-refractivity contribution in [2.45, 2.75) is 39.9 Å². The molecule has 0 saturated heterocycles. The number of hydrogen-bond acceptors (Lipinski definition) is 3. The van der Waals surface area contributed by atoms with E-state index in [0.717, 1.165) is 11.6 Å². The van der Waals surface area contributed by atoms with E-state index in [1.54, 1.807) is 20.8 Å². The maximum Gasteiger partial charge on any atom is 0.417 e. The van der Waals surface area contributed by atoms with Gasteiger partial charge in [0.2, 0.25) is 11.8 Å². The van der Waals surface area contributed by atoms with Gasteiger partial charge in [0.05, 0.1) is 5.56 Å². The first-order chi connectivity index (χ1) is 10.7. The fourth-order valence-electron chi connectivity index (χ4n) is 1.68. The van der Waals surface area contributed by atoms with Crippen molar-refractivity contribution in [3.8, 4) is 0 Å². The first kappa shape index (κ1) is 19.7. The number of anilines is 1. The van der Waals surface area contributed by atoms with E-state index in [4.69, 9.17) is 0 Å². The third-order valence-corrected chi connectivity index (χ3v) is 3.19. The van der Waals surface area contributed by atoms with Gasteiger partial charge in [0.1, 0.15) is 11.7 Å². The lowest BCUT2D eigenvalue weighted by Gasteiger charge is -2.21. The van der Waals surface area contributed by atoms with E-state index in [2.05, 4.69) is 10.6 Å². The minimum Gasteiger partial charge on any atom is -0.344 e. The molecule has 1 atom stereocenters. The van der Waals surface area contributed by atoms with Crippen molar-refractivity contribution in [3.63, 3.8) is 0 Å². The number of halogens is 3. The van der Waals surface area contributed by atoms with Gasteiger partial charge in [-0.15, -0.1) is 0 Å².